The van der Waals surface area contributed by atoms with Gasteiger partial charge in [-0.2, -0.15) is 12.6 Å². The van der Waals surface area contributed by atoms with Gasteiger partial charge in [0.1, 0.15) is 0 Å². The molecule has 2 atom stereocenters. The smallest absolute Gasteiger partial charge is 0.303 e. The minimum Gasteiger partial charge on any atom is -0.481 e. The Morgan fingerprint density at radius 2 is 1.83 bits per heavy atom. The van der Waals surface area contributed by atoms with Crippen LogP contribution < -0.4 is 16.8 Å². The molecule has 0 fully saturated rings. The van der Waals surface area contributed by atoms with Crippen molar-refractivity contribution in [2.75, 3.05) is 5.75 Å². The quantitative estimate of drug-likeness (QED) is 0.339. The highest BCUT2D eigenvalue weighted by atomic mass is 32.1. The third-order valence-corrected chi connectivity index (χ3v) is 2.75. The summed E-state index contributed by atoms with van der Waals surface area (Å²) in [6.07, 6.45) is 0.434. The molecule has 0 saturated carbocycles. The number of thiol groups is 1. The number of carboxylic acid groups (broad SMARTS) is 1. The molecule has 6 N–H and O–H groups in total. The number of hydrogen-bond acceptors (Lipinski definition) is 5. The number of carbonyl (C=O) groups is 3. The zero-order chi connectivity index (χ0) is 14.1. The summed E-state index contributed by atoms with van der Waals surface area (Å²) < 4.78 is 0. The van der Waals surface area contributed by atoms with E-state index in [1.54, 1.807) is 0 Å². The van der Waals surface area contributed by atoms with Crippen LogP contribution in [0.15, 0.2) is 0 Å². The Hall–Kier alpha value is -1.28. The Kier molecular flexibility index (Phi) is 8.14. The van der Waals surface area contributed by atoms with Crippen molar-refractivity contribution in [2.24, 2.45) is 11.5 Å². The maximum Gasteiger partial charge on any atom is 0.303 e. The van der Waals surface area contributed by atoms with Gasteiger partial charge in [0.25, 0.3) is 0 Å². The molecule has 0 aromatic carbocycles. The van der Waals surface area contributed by atoms with Crippen molar-refractivity contribution < 1.29 is 19.5 Å². The van der Waals surface area contributed by atoms with E-state index in [0.717, 1.165) is 0 Å². The molecule has 0 unspecified atom stereocenters. The van der Waals surface area contributed by atoms with Crippen LogP contribution in [-0.4, -0.2) is 40.7 Å². The number of primary amides is 1. The van der Waals surface area contributed by atoms with Crippen LogP contribution in [0.25, 0.3) is 0 Å². The van der Waals surface area contributed by atoms with Crippen molar-refractivity contribution in [1.29, 1.82) is 0 Å². The standard InChI is InChI=1S/C10H19N3O4S/c11-7(2-4-9(15)16)10(17)13-6(5-18)1-3-8(12)14/h6-7,18H,1-5,11H2,(H2,12,14)(H,13,17)(H,15,16)/t6-,7-/m0/s1. The number of nitrogens with two attached hydrogens (primary N) is 2. The van der Waals surface area contributed by atoms with Gasteiger partial charge in [-0.1, -0.05) is 0 Å². The van der Waals surface area contributed by atoms with E-state index < -0.39 is 23.8 Å². The highest BCUT2D eigenvalue weighted by molar-refractivity contribution is 7.80. The number of carbonyl (C=O) groups excluding carboxylic acids is 2. The molecular formula is C10H19N3O4S. The Morgan fingerprint density at radius 3 is 2.28 bits per heavy atom. The molecule has 0 bridgehead atoms. The second-order valence-corrected chi connectivity index (χ2v) is 4.30. The zero-order valence-corrected chi connectivity index (χ0v) is 10.9. The fraction of sp³-hybridized carbons (Fsp3) is 0.700. The first-order chi connectivity index (χ1) is 8.36. The summed E-state index contributed by atoms with van der Waals surface area (Å²) in [5, 5.41) is 11.1. The van der Waals surface area contributed by atoms with Crippen molar-refractivity contribution in [3.8, 4) is 0 Å². The van der Waals surface area contributed by atoms with Crippen molar-refractivity contribution >= 4 is 30.4 Å². The van der Waals surface area contributed by atoms with Gasteiger partial charge in [0.15, 0.2) is 0 Å². The van der Waals surface area contributed by atoms with Crippen LogP contribution in [0, 0.1) is 0 Å². The lowest BCUT2D eigenvalue weighted by molar-refractivity contribution is -0.137. The fourth-order valence-corrected chi connectivity index (χ4v) is 1.52. The SMILES string of the molecule is NC(=O)CC[C@@H](CS)NC(=O)[C@@H](N)CCC(=O)O. The van der Waals surface area contributed by atoms with Crippen LogP contribution in [0.5, 0.6) is 0 Å². The average Bonchev–Trinajstić information content (AvgIpc) is 2.30. The van der Waals surface area contributed by atoms with Gasteiger partial charge in [-0.15, -0.1) is 0 Å². The normalized spacial score (nSPS) is 13.7. The first kappa shape index (κ1) is 16.7. The molecule has 0 aliphatic rings. The lowest BCUT2D eigenvalue weighted by atomic mass is 10.1. The van der Waals surface area contributed by atoms with E-state index in [1.165, 1.54) is 0 Å². The molecule has 0 aliphatic heterocycles. The third-order valence-electron chi connectivity index (χ3n) is 2.31. The molecule has 7 nitrogen and oxygen atoms in total. The van der Waals surface area contributed by atoms with Gasteiger partial charge in [-0.05, 0) is 12.8 Å². The summed E-state index contributed by atoms with van der Waals surface area (Å²) in [6.45, 7) is 0. The van der Waals surface area contributed by atoms with E-state index in [4.69, 9.17) is 16.6 Å². The number of aliphatic carboxylic acids is 1. The molecule has 2 amide bonds. The zero-order valence-electron chi connectivity index (χ0n) is 9.96. The molecule has 0 aromatic rings. The van der Waals surface area contributed by atoms with E-state index >= 15 is 0 Å². The number of amides is 2. The maximum atomic E-state index is 11.6. The summed E-state index contributed by atoms with van der Waals surface area (Å²) >= 11 is 4.04. The van der Waals surface area contributed by atoms with E-state index in [9.17, 15) is 14.4 Å². The molecule has 0 heterocycles. The summed E-state index contributed by atoms with van der Waals surface area (Å²) in [7, 11) is 0. The Morgan fingerprint density at radius 1 is 1.22 bits per heavy atom. The maximum absolute atomic E-state index is 11.6. The van der Waals surface area contributed by atoms with E-state index in [0.29, 0.717) is 12.2 Å². The van der Waals surface area contributed by atoms with Crippen LogP contribution in [-0.2, 0) is 14.4 Å². The van der Waals surface area contributed by atoms with Crippen LogP contribution in [0.1, 0.15) is 25.7 Å². The van der Waals surface area contributed by atoms with Crippen LogP contribution in [0.3, 0.4) is 0 Å². The average molecular weight is 277 g/mol. The molecule has 0 aliphatic carbocycles. The second kappa shape index (κ2) is 8.76. The van der Waals surface area contributed by atoms with Crippen LogP contribution in [0.4, 0.5) is 0 Å². The summed E-state index contributed by atoms with van der Waals surface area (Å²) in [6, 6.07) is -1.18. The van der Waals surface area contributed by atoms with Gasteiger partial charge >= 0.3 is 5.97 Å². The summed E-state index contributed by atoms with van der Waals surface area (Å²) in [4.78, 5) is 32.5. The van der Waals surface area contributed by atoms with Gasteiger partial charge in [-0.25, -0.2) is 0 Å². The fourth-order valence-electron chi connectivity index (χ4n) is 1.24. The monoisotopic (exact) mass is 277 g/mol. The largest absolute Gasteiger partial charge is 0.481 e. The van der Waals surface area contributed by atoms with Gasteiger partial charge in [0, 0.05) is 24.6 Å². The Balaban J connectivity index is 4.08. The highest BCUT2D eigenvalue weighted by Gasteiger charge is 2.18. The summed E-state index contributed by atoms with van der Waals surface area (Å²) in [5.74, 6) is -1.55. The van der Waals surface area contributed by atoms with Crippen LogP contribution >= 0.6 is 12.6 Å². The first-order valence-electron chi connectivity index (χ1n) is 5.53. The molecular weight excluding hydrogens is 258 g/mol. The van der Waals surface area contributed by atoms with Gasteiger partial charge < -0.3 is 21.9 Å². The van der Waals surface area contributed by atoms with E-state index in [2.05, 4.69) is 17.9 Å². The lowest BCUT2D eigenvalue weighted by Gasteiger charge is -2.18. The molecule has 0 radical (unpaired) electrons. The minimum atomic E-state index is -1.00. The predicted molar refractivity (Wildman–Crippen MR) is 69.1 cm³/mol. The molecule has 0 spiro atoms. The molecule has 0 aromatic heterocycles. The molecule has 8 heteroatoms. The van der Waals surface area contributed by atoms with Gasteiger partial charge in [0.05, 0.1) is 6.04 Å². The molecule has 0 saturated heterocycles. The Labute approximate surface area is 111 Å². The lowest BCUT2D eigenvalue weighted by Crippen LogP contribution is -2.46. The van der Waals surface area contributed by atoms with Crippen molar-refractivity contribution in [3.63, 3.8) is 0 Å². The van der Waals surface area contributed by atoms with E-state index in [1.807, 2.05) is 0 Å². The van der Waals surface area contributed by atoms with E-state index in [-0.39, 0.29) is 25.3 Å². The molecule has 0 rings (SSSR count). The molecule has 104 valence electrons. The predicted octanol–water partition coefficient (Wildman–Crippen LogP) is -1.14. The second-order valence-electron chi connectivity index (χ2n) is 3.93. The topological polar surface area (TPSA) is 136 Å². The van der Waals surface area contributed by atoms with Gasteiger partial charge in [-0.3, -0.25) is 14.4 Å². The first-order valence-corrected chi connectivity index (χ1v) is 6.17. The number of carboxylic acids is 1. The van der Waals surface area contributed by atoms with Crippen molar-refractivity contribution in [2.45, 2.75) is 37.8 Å². The molecule has 18 heavy (non-hydrogen) atoms. The van der Waals surface area contributed by atoms with Crippen molar-refractivity contribution in [1.82, 2.24) is 5.32 Å². The number of hydrogen-bond donors (Lipinski definition) is 5. The number of rotatable bonds is 9. The van der Waals surface area contributed by atoms with Gasteiger partial charge in [0.2, 0.25) is 11.8 Å². The highest BCUT2D eigenvalue weighted by Crippen LogP contribution is 2.01. The Bertz CT molecular complexity index is 311. The van der Waals surface area contributed by atoms with Crippen molar-refractivity contribution in [3.05, 3.63) is 0 Å². The number of nitrogens with one attached hydrogen (secondary N) is 1. The summed E-state index contributed by atoms with van der Waals surface area (Å²) in [5.41, 5.74) is 10.5. The third kappa shape index (κ3) is 7.91. The minimum absolute atomic E-state index is 0.0658. The van der Waals surface area contributed by atoms with Crippen LogP contribution in [0.2, 0.25) is 0 Å².